The summed E-state index contributed by atoms with van der Waals surface area (Å²) in [4.78, 5) is 8.73. The average molecular weight is 260 g/mol. The Hall–Kier alpha value is -2.01. The summed E-state index contributed by atoms with van der Waals surface area (Å²) < 4.78 is 1.62. The lowest BCUT2D eigenvalue weighted by atomic mass is 10.3. The number of alkyl halides is 1. The van der Waals surface area contributed by atoms with Gasteiger partial charge in [0.05, 0.1) is 17.1 Å². The van der Waals surface area contributed by atoms with Gasteiger partial charge in [-0.2, -0.15) is 4.68 Å². The summed E-state index contributed by atoms with van der Waals surface area (Å²) in [5.74, 6) is 0.850. The van der Waals surface area contributed by atoms with Crippen LogP contribution in [0.5, 0.6) is 0 Å². The minimum atomic E-state index is 0.350. The molecule has 5 nitrogen and oxygen atoms in total. The topological polar surface area (TPSA) is 56.5 Å². The second kappa shape index (κ2) is 4.34. The lowest BCUT2D eigenvalue weighted by molar-refractivity contribution is 0.763. The molecule has 0 spiro atoms. The van der Waals surface area contributed by atoms with E-state index in [1.807, 2.05) is 37.3 Å². The van der Waals surface area contributed by atoms with Crippen LogP contribution < -0.4 is 0 Å². The van der Waals surface area contributed by atoms with Crippen molar-refractivity contribution in [1.29, 1.82) is 0 Å². The molecule has 3 rings (SSSR count). The van der Waals surface area contributed by atoms with Gasteiger partial charge in [0, 0.05) is 5.69 Å². The molecule has 0 amide bonds. The van der Waals surface area contributed by atoms with Crippen molar-refractivity contribution >= 4 is 22.6 Å². The first-order chi connectivity index (χ1) is 8.78. The largest absolute Gasteiger partial charge is 0.253 e. The van der Waals surface area contributed by atoms with Gasteiger partial charge in [0.2, 0.25) is 0 Å². The number of nitrogens with zero attached hydrogens (tertiary/aromatic N) is 5. The minimum absolute atomic E-state index is 0.350. The third-order valence-corrected chi connectivity index (χ3v) is 2.85. The zero-order valence-corrected chi connectivity index (χ0v) is 10.5. The fraction of sp³-hybridized carbons (Fsp3) is 0.167. The molecule has 18 heavy (non-hydrogen) atoms. The standard InChI is InChI=1S/C12H10ClN5/c1-8-6-9(7-13)15-12(14-8)18-11-5-3-2-4-10(11)16-17-18/h2-6H,7H2,1H3. The van der Waals surface area contributed by atoms with E-state index in [4.69, 9.17) is 11.6 Å². The van der Waals surface area contributed by atoms with E-state index in [1.54, 1.807) is 4.68 Å². The number of halogens is 1. The van der Waals surface area contributed by atoms with Crippen LogP contribution in [-0.4, -0.2) is 25.0 Å². The fourth-order valence-corrected chi connectivity index (χ4v) is 1.93. The maximum Gasteiger partial charge on any atom is 0.253 e. The molecule has 0 fully saturated rings. The molecule has 0 aliphatic rings. The maximum atomic E-state index is 5.81. The molecular formula is C12H10ClN5. The number of rotatable bonds is 2. The molecule has 0 radical (unpaired) electrons. The highest BCUT2D eigenvalue weighted by atomic mass is 35.5. The monoisotopic (exact) mass is 259 g/mol. The first kappa shape index (κ1) is 11.1. The molecular weight excluding hydrogens is 250 g/mol. The third-order valence-electron chi connectivity index (χ3n) is 2.57. The first-order valence-corrected chi connectivity index (χ1v) is 6.03. The Morgan fingerprint density at radius 1 is 1.22 bits per heavy atom. The number of para-hydroxylation sites is 1. The molecule has 6 heteroatoms. The van der Waals surface area contributed by atoms with Crippen molar-refractivity contribution in [2.24, 2.45) is 0 Å². The molecule has 0 bridgehead atoms. The van der Waals surface area contributed by atoms with Crippen molar-refractivity contribution in [3.05, 3.63) is 41.7 Å². The number of hydrogen-bond donors (Lipinski definition) is 0. The Morgan fingerprint density at radius 2 is 2.06 bits per heavy atom. The van der Waals surface area contributed by atoms with Gasteiger partial charge in [-0.3, -0.25) is 0 Å². The number of hydrogen-bond acceptors (Lipinski definition) is 4. The van der Waals surface area contributed by atoms with E-state index in [0.29, 0.717) is 11.8 Å². The Kier molecular flexibility index (Phi) is 2.68. The molecule has 2 heterocycles. The summed E-state index contributed by atoms with van der Waals surface area (Å²) in [7, 11) is 0. The molecule has 90 valence electrons. The van der Waals surface area contributed by atoms with E-state index in [2.05, 4.69) is 20.3 Å². The van der Waals surface area contributed by atoms with Gasteiger partial charge in [0.1, 0.15) is 5.52 Å². The van der Waals surface area contributed by atoms with Gasteiger partial charge in [0.15, 0.2) is 0 Å². The Bertz CT molecular complexity index is 707. The lowest BCUT2D eigenvalue weighted by Crippen LogP contribution is -2.06. The molecule has 1 aromatic carbocycles. The second-order valence-corrected chi connectivity index (χ2v) is 4.19. The molecule has 0 unspecified atom stereocenters. The van der Waals surface area contributed by atoms with Gasteiger partial charge >= 0.3 is 0 Å². The highest BCUT2D eigenvalue weighted by Crippen LogP contribution is 2.14. The maximum absolute atomic E-state index is 5.81. The Morgan fingerprint density at radius 3 is 2.89 bits per heavy atom. The number of aromatic nitrogens is 5. The van der Waals surface area contributed by atoms with E-state index >= 15 is 0 Å². The van der Waals surface area contributed by atoms with E-state index < -0.39 is 0 Å². The summed E-state index contributed by atoms with van der Waals surface area (Å²) in [5, 5.41) is 8.16. The zero-order chi connectivity index (χ0) is 12.5. The molecule has 0 aliphatic heterocycles. The van der Waals surface area contributed by atoms with Crippen LogP contribution in [-0.2, 0) is 5.88 Å². The highest BCUT2D eigenvalue weighted by Gasteiger charge is 2.09. The Labute approximate surface area is 108 Å². The average Bonchev–Trinajstić information content (AvgIpc) is 2.81. The number of fused-ring (bicyclic) bond motifs is 1. The fourth-order valence-electron chi connectivity index (χ4n) is 1.80. The summed E-state index contributed by atoms with van der Waals surface area (Å²) in [6.45, 7) is 1.90. The summed E-state index contributed by atoms with van der Waals surface area (Å²) >= 11 is 5.81. The molecule has 0 atom stereocenters. The van der Waals surface area contributed by atoms with Crippen molar-refractivity contribution < 1.29 is 0 Å². The van der Waals surface area contributed by atoms with Crippen LogP contribution in [0.15, 0.2) is 30.3 Å². The van der Waals surface area contributed by atoms with Crippen LogP contribution in [0.2, 0.25) is 0 Å². The van der Waals surface area contributed by atoms with Crippen LogP contribution in [0.25, 0.3) is 17.0 Å². The van der Waals surface area contributed by atoms with Crippen LogP contribution in [0.1, 0.15) is 11.4 Å². The molecule has 0 saturated heterocycles. The second-order valence-electron chi connectivity index (χ2n) is 3.92. The molecule has 3 aromatic rings. The van der Waals surface area contributed by atoms with E-state index in [1.165, 1.54) is 0 Å². The molecule has 0 N–H and O–H groups in total. The number of benzene rings is 1. The van der Waals surface area contributed by atoms with Gasteiger partial charge in [-0.1, -0.05) is 17.3 Å². The summed E-state index contributed by atoms with van der Waals surface area (Å²) in [6, 6.07) is 9.54. The summed E-state index contributed by atoms with van der Waals surface area (Å²) in [5.41, 5.74) is 3.33. The van der Waals surface area contributed by atoms with E-state index in [9.17, 15) is 0 Å². The minimum Gasteiger partial charge on any atom is -0.216 e. The predicted molar refractivity (Wildman–Crippen MR) is 68.7 cm³/mol. The molecule has 0 saturated carbocycles. The molecule has 0 aliphatic carbocycles. The van der Waals surface area contributed by atoms with Crippen molar-refractivity contribution in [3.63, 3.8) is 0 Å². The lowest BCUT2D eigenvalue weighted by Gasteiger charge is -2.03. The van der Waals surface area contributed by atoms with Gasteiger partial charge in [-0.05, 0) is 25.1 Å². The van der Waals surface area contributed by atoms with E-state index in [0.717, 1.165) is 22.4 Å². The predicted octanol–water partition coefficient (Wildman–Crippen LogP) is 2.26. The van der Waals surface area contributed by atoms with Gasteiger partial charge in [0.25, 0.3) is 5.95 Å². The van der Waals surface area contributed by atoms with Crippen molar-refractivity contribution in [2.45, 2.75) is 12.8 Å². The van der Waals surface area contributed by atoms with Gasteiger partial charge in [-0.15, -0.1) is 16.7 Å². The first-order valence-electron chi connectivity index (χ1n) is 5.49. The summed E-state index contributed by atoms with van der Waals surface area (Å²) in [6.07, 6.45) is 0. The van der Waals surface area contributed by atoms with Crippen molar-refractivity contribution in [1.82, 2.24) is 25.0 Å². The third kappa shape index (κ3) is 1.82. The van der Waals surface area contributed by atoms with Crippen LogP contribution in [0.4, 0.5) is 0 Å². The number of aryl methyl sites for hydroxylation is 1. The van der Waals surface area contributed by atoms with Crippen LogP contribution in [0, 0.1) is 6.92 Å². The van der Waals surface area contributed by atoms with Crippen LogP contribution >= 0.6 is 11.6 Å². The normalized spacial score (nSPS) is 11.0. The highest BCUT2D eigenvalue weighted by molar-refractivity contribution is 6.16. The quantitative estimate of drug-likeness (QED) is 0.663. The van der Waals surface area contributed by atoms with Gasteiger partial charge < -0.3 is 0 Å². The molecule has 2 aromatic heterocycles. The van der Waals surface area contributed by atoms with Crippen molar-refractivity contribution in [2.75, 3.05) is 0 Å². The smallest absolute Gasteiger partial charge is 0.216 e. The van der Waals surface area contributed by atoms with E-state index in [-0.39, 0.29) is 0 Å². The SMILES string of the molecule is Cc1cc(CCl)nc(-n2nnc3ccccc32)n1. The zero-order valence-electron chi connectivity index (χ0n) is 9.71. The van der Waals surface area contributed by atoms with Gasteiger partial charge in [-0.25, -0.2) is 9.97 Å². The Balaban J connectivity index is 2.22. The van der Waals surface area contributed by atoms with Crippen LogP contribution in [0.3, 0.4) is 0 Å². The van der Waals surface area contributed by atoms with Crippen molar-refractivity contribution in [3.8, 4) is 5.95 Å².